The Kier molecular flexibility index (Phi) is 5.73. The van der Waals surface area contributed by atoms with Crippen LogP contribution < -0.4 is 11.1 Å². The molecule has 0 saturated heterocycles. The molecule has 0 spiro atoms. The molecule has 4 heteroatoms. The Labute approximate surface area is 171 Å². The van der Waals surface area contributed by atoms with Crippen LogP contribution in [0.3, 0.4) is 0 Å². The van der Waals surface area contributed by atoms with E-state index < -0.39 is 5.54 Å². The van der Waals surface area contributed by atoms with Crippen molar-refractivity contribution in [1.82, 2.24) is 10.2 Å². The molecule has 4 nitrogen and oxygen atoms in total. The molecule has 0 aliphatic heterocycles. The third-order valence-electron chi connectivity index (χ3n) is 5.30. The van der Waals surface area contributed by atoms with Crippen LogP contribution in [0.5, 0.6) is 0 Å². The standard InChI is InChI=1S/C25H26N4/c26-18-10-11-20-19-27-29-24(20)28-25(21-12-4-1-5-13-21,22-14-6-2-7-15-22)23-16-8-3-9-17-23/h1-9,12-17,19H,10-11,18,26H2,(H2,27,28,29). The summed E-state index contributed by atoms with van der Waals surface area (Å²) in [5.74, 6) is 0.926. The SMILES string of the molecule is NCCCc1cn[nH]c1NC(c1ccccc1)(c1ccccc1)c1ccccc1. The molecule has 4 N–H and O–H groups in total. The van der Waals surface area contributed by atoms with Gasteiger partial charge in [0.15, 0.2) is 0 Å². The summed E-state index contributed by atoms with van der Waals surface area (Å²) in [6.45, 7) is 0.659. The van der Waals surface area contributed by atoms with E-state index in [1.807, 2.05) is 24.4 Å². The molecule has 0 amide bonds. The first kappa shape index (κ1) is 19.0. The molecule has 146 valence electrons. The summed E-state index contributed by atoms with van der Waals surface area (Å²) in [5, 5.41) is 11.3. The summed E-state index contributed by atoms with van der Waals surface area (Å²) < 4.78 is 0. The van der Waals surface area contributed by atoms with E-state index in [4.69, 9.17) is 5.73 Å². The lowest BCUT2D eigenvalue weighted by molar-refractivity contribution is 0.702. The third kappa shape index (κ3) is 3.80. The number of aryl methyl sites for hydroxylation is 1. The molecule has 0 bridgehead atoms. The summed E-state index contributed by atoms with van der Waals surface area (Å²) in [6.07, 6.45) is 3.69. The molecular weight excluding hydrogens is 356 g/mol. The normalized spacial score (nSPS) is 11.3. The molecule has 4 rings (SSSR count). The van der Waals surface area contributed by atoms with Crippen molar-refractivity contribution in [3.05, 3.63) is 119 Å². The maximum atomic E-state index is 5.74. The summed E-state index contributed by atoms with van der Waals surface area (Å²) in [5.41, 5.74) is 9.82. The van der Waals surface area contributed by atoms with Crippen LogP contribution in [0.1, 0.15) is 28.7 Å². The molecule has 0 aliphatic rings. The molecule has 4 aromatic rings. The monoisotopic (exact) mass is 382 g/mol. The minimum absolute atomic E-state index is 0.562. The van der Waals surface area contributed by atoms with Crippen LogP contribution in [0, 0.1) is 0 Å². The molecule has 0 atom stereocenters. The van der Waals surface area contributed by atoms with Crippen LogP contribution in [-0.2, 0) is 12.0 Å². The third-order valence-corrected chi connectivity index (χ3v) is 5.30. The fraction of sp³-hybridized carbons (Fsp3) is 0.160. The Hall–Kier alpha value is -3.37. The Morgan fingerprint density at radius 3 is 1.69 bits per heavy atom. The zero-order valence-corrected chi connectivity index (χ0v) is 16.4. The van der Waals surface area contributed by atoms with Gasteiger partial charge in [-0.1, -0.05) is 91.0 Å². The van der Waals surface area contributed by atoms with Crippen LogP contribution >= 0.6 is 0 Å². The highest BCUT2D eigenvalue weighted by molar-refractivity contribution is 5.59. The zero-order chi connectivity index (χ0) is 19.9. The molecule has 29 heavy (non-hydrogen) atoms. The number of aromatic nitrogens is 2. The van der Waals surface area contributed by atoms with E-state index in [2.05, 4.69) is 88.3 Å². The number of nitrogens with zero attached hydrogens (tertiary/aromatic N) is 1. The fourth-order valence-electron chi connectivity index (χ4n) is 3.87. The van der Waals surface area contributed by atoms with Crippen molar-refractivity contribution in [2.24, 2.45) is 5.73 Å². The lowest BCUT2D eigenvalue weighted by Gasteiger charge is -2.37. The van der Waals surface area contributed by atoms with E-state index in [-0.39, 0.29) is 0 Å². The number of anilines is 1. The van der Waals surface area contributed by atoms with Crippen molar-refractivity contribution in [1.29, 1.82) is 0 Å². The van der Waals surface area contributed by atoms with E-state index >= 15 is 0 Å². The van der Waals surface area contributed by atoms with Gasteiger partial charge in [0.05, 0.1) is 6.20 Å². The predicted octanol–water partition coefficient (Wildman–Crippen LogP) is 4.71. The summed E-state index contributed by atoms with van der Waals surface area (Å²) in [6, 6.07) is 31.7. The Bertz CT molecular complexity index is 914. The van der Waals surface area contributed by atoms with Gasteiger partial charge < -0.3 is 11.1 Å². The molecule has 1 heterocycles. The Morgan fingerprint density at radius 2 is 1.24 bits per heavy atom. The first-order valence-electron chi connectivity index (χ1n) is 10.0. The van der Waals surface area contributed by atoms with Gasteiger partial charge in [-0.25, -0.2) is 0 Å². The molecule has 0 fully saturated rings. The van der Waals surface area contributed by atoms with Gasteiger partial charge in [0.2, 0.25) is 0 Å². The Balaban J connectivity index is 1.92. The number of H-pyrrole nitrogens is 1. The number of hydrogen-bond acceptors (Lipinski definition) is 3. The zero-order valence-electron chi connectivity index (χ0n) is 16.4. The van der Waals surface area contributed by atoms with Crippen molar-refractivity contribution < 1.29 is 0 Å². The van der Waals surface area contributed by atoms with E-state index in [1.165, 1.54) is 0 Å². The van der Waals surface area contributed by atoms with Crippen LogP contribution in [-0.4, -0.2) is 16.7 Å². The number of hydrogen-bond donors (Lipinski definition) is 3. The summed E-state index contributed by atoms with van der Waals surface area (Å²) >= 11 is 0. The molecule has 1 aromatic heterocycles. The van der Waals surface area contributed by atoms with Crippen LogP contribution in [0.4, 0.5) is 5.82 Å². The van der Waals surface area contributed by atoms with Crippen molar-refractivity contribution in [3.8, 4) is 0 Å². The highest BCUT2D eigenvalue weighted by Crippen LogP contribution is 2.40. The molecule has 0 aliphatic carbocycles. The summed E-state index contributed by atoms with van der Waals surface area (Å²) in [7, 11) is 0. The molecular formula is C25H26N4. The number of aromatic amines is 1. The van der Waals surface area contributed by atoms with Gasteiger partial charge in [-0.05, 0) is 36.1 Å². The van der Waals surface area contributed by atoms with Crippen molar-refractivity contribution in [3.63, 3.8) is 0 Å². The highest BCUT2D eigenvalue weighted by atomic mass is 15.2. The molecule has 0 unspecified atom stereocenters. The minimum Gasteiger partial charge on any atom is -0.353 e. The lowest BCUT2D eigenvalue weighted by atomic mass is 9.77. The number of benzene rings is 3. The van der Waals surface area contributed by atoms with E-state index in [9.17, 15) is 0 Å². The van der Waals surface area contributed by atoms with Gasteiger partial charge in [0, 0.05) is 5.56 Å². The second-order valence-corrected chi connectivity index (χ2v) is 7.14. The average molecular weight is 383 g/mol. The van der Waals surface area contributed by atoms with Gasteiger partial charge in [0.25, 0.3) is 0 Å². The minimum atomic E-state index is -0.562. The Morgan fingerprint density at radius 1 is 0.759 bits per heavy atom. The van der Waals surface area contributed by atoms with Gasteiger partial charge >= 0.3 is 0 Å². The van der Waals surface area contributed by atoms with E-state index in [0.717, 1.165) is 40.9 Å². The summed E-state index contributed by atoms with van der Waals surface area (Å²) in [4.78, 5) is 0. The lowest BCUT2D eigenvalue weighted by Crippen LogP contribution is -2.38. The van der Waals surface area contributed by atoms with Gasteiger partial charge in [-0.15, -0.1) is 0 Å². The second kappa shape index (κ2) is 8.76. The van der Waals surface area contributed by atoms with Crippen molar-refractivity contribution in [2.45, 2.75) is 18.4 Å². The first-order chi connectivity index (χ1) is 14.3. The van der Waals surface area contributed by atoms with Crippen LogP contribution in [0.25, 0.3) is 0 Å². The average Bonchev–Trinajstić information content (AvgIpc) is 3.24. The van der Waals surface area contributed by atoms with Crippen molar-refractivity contribution >= 4 is 5.82 Å². The molecule has 0 saturated carbocycles. The number of nitrogens with two attached hydrogens (primary N) is 1. The smallest absolute Gasteiger partial charge is 0.125 e. The van der Waals surface area contributed by atoms with Gasteiger partial charge in [-0.2, -0.15) is 5.10 Å². The first-order valence-corrected chi connectivity index (χ1v) is 10.0. The largest absolute Gasteiger partial charge is 0.353 e. The number of rotatable bonds is 8. The maximum Gasteiger partial charge on any atom is 0.125 e. The number of nitrogens with one attached hydrogen (secondary N) is 2. The van der Waals surface area contributed by atoms with Gasteiger partial charge in [0.1, 0.15) is 11.4 Å². The maximum absolute atomic E-state index is 5.74. The predicted molar refractivity (Wildman–Crippen MR) is 119 cm³/mol. The van der Waals surface area contributed by atoms with E-state index in [1.54, 1.807) is 0 Å². The fourth-order valence-corrected chi connectivity index (χ4v) is 3.87. The second-order valence-electron chi connectivity index (χ2n) is 7.14. The van der Waals surface area contributed by atoms with Gasteiger partial charge in [-0.3, -0.25) is 5.10 Å². The quantitative estimate of drug-likeness (QED) is 0.387. The van der Waals surface area contributed by atoms with Crippen molar-refractivity contribution in [2.75, 3.05) is 11.9 Å². The highest BCUT2D eigenvalue weighted by Gasteiger charge is 2.37. The topological polar surface area (TPSA) is 66.7 Å². The van der Waals surface area contributed by atoms with E-state index in [0.29, 0.717) is 6.54 Å². The van der Waals surface area contributed by atoms with Crippen LogP contribution in [0.15, 0.2) is 97.2 Å². The molecule has 0 radical (unpaired) electrons. The molecule has 3 aromatic carbocycles. The van der Waals surface area contributed by atoms with Crippen LogP contribution in [0.2, 0.25) is 0 Å².